The Kier molecular flexibility index (Phi) is 5.06. The number of carbonyl (C=O) groups is 1. The monoisotopic (exact) mass is 407 g/mol. The maximum Gasteiger partial charge on any atom is 0.220 e. The van der Waals surface area contributed by atoms with Gasteiger partial charge < -0.3 is 5.32 Å². The van der Waals surface area contributed by atoms with Crippen LogP contribution in [0.3, 0.4) is 0 Å². The quantitative estimate of drug-likeness (QED) is 0.844. The third-order valence-electron chi connectivity index (χ3n) is 4.17. The van der Waals surface area contributed by atoms with E-state index in [2.05, 4.69) is 21.2 Å². The van der Waals surface area contributed by atoms with Gasteiger partial charge in [-0.05, 0) is 42.2 Å². The topological polar surface area (TPSA) is 63.2 Å². The van der Waals surface area contributed by atoms with Crippen LogP contribution in [0.1, 0.15) is 30.0 Å². The smallest absolute Gasteiger partial charge is 0.220 e. The number of halogens is 1. The van der Waals surface area contributed by atoms with E-state index in [-0.39, 0.29) is 17.7 Å². The first-order chi connectivity index (χ1) is 11.5. The molecule has 1 atom stereocenters. The van der Waals surface area contributed by atoms with Gasteiger partial charge in [0.2, 0.25) is 5.91 Å². The Labute approximate surface area is 150 Å². The van der Waals surface area contributed by atoms with E-state index >= 15 is 0 Å². The number of sulfone groups is 1. The molecule has 0 aliphatic carbocycles. The van der Waals surface area contributed by atoms with Gasteiger partial charge in [-0.1, -0.05) is 46.3 Å². The minimum atomic E-state index is -3.23. The highest BCUT2D eigenvalue weighted by atomic mass is 79.9. The van der Waals surface area contributed by atoms with Crippen LogP contribution >= 0.6 is 15.9 Å². The second-order valence-electron chi connectivity index (χ2n) is 5.90. The summed E-state index contributed by atoms with van der Waals surface area (Å²) >= 11 is 3.42. The number of hydrogen-bond donors (Lipinski definition) is 1. The van der Waals surface area contributed by atoms with Crippen molar-refractivity contribution in [2.45, 2.75) is 30.2 Å². The van der Waals surface area contributed by atoms with E-state index in [0.29, 0.717) is 29.7 Å². The van der Waals surface area contributed by atoms with E-state index in [1.165, 1.54) is 0 Å². The van der Waals surface area contributed by atoms with Crippen LogP contribution < -0.4 is 5.32 Å². The van der Waals surface area contributed by atoms with E-state index in [0.717, 1.165) is 10.0 Å². The molecule has 0 aromatic heterocycles. The molecule has 1 N–H and O–H groups in total. The molecule has 0 radical (unpaired) electrons. The summed E-state index contributed by atoms with van der Waals surface area (Å²) in [5, 5.41) is 2.98. The number of hydrogen-bond acceptors (Lipinski definition) is 3. The Morgan fingerprint density at radius 1 is 1.17 bits per heavy atom. The summed E-state index contributed by atoms with van der Waals surface area (Å²) < 4.78 is 25.3. The zero-order valence-corrected chi connectivity index (χ0v) is 15.4. The average molecular weight is 408 g/mol. The summed E-state index contributed by atoms with van der Waals surface area (Å²) in [5.74, 6) is 0.00899. The minimum Gasteiger partial charge on any atom is -0.349 e. The van der Waals surface area contributed by atoms with Crippen molar-refractivity contribution in [2.75, 3.05) is 5.75 Å². The van der Waals surface area contributed by atoms with Crippen LogP contribution in [0.5, 0.6) is 0 Å². The molecule has 0 saturated carbocycles. The van der Waals surface area contributed by atoms with E-state index in [9.17, 15) is 13.2 Å². The summed E-state index contributed by atoms with van der Waals surface area (Å²) in [6.07, 6.45) is 1.45. The van der Waals surface area contributed by atoms with Gasteiger partial charge in [-0.2, -0.15) is 0 Å². The standard InChI is InChI=1S/C18H18BrNO3S/c19-14-5-3-4-13(12-14)8-9-18(21)20-16-10-11-24(22,23)17-7-2-1-6-15(16)17/h1-7,12,16H,8-11H2,(H,20,21). The van der Waals surface area contributed by atoms with Gasteiger partial charge in [-0.25, -0.2) is 8.42 Å². The van der Waals surface area contributed by atoms with E-state index < -0.39 is 9.84 Å². The molecule has 1 aliphatic heterocycles. The fourth-order valence-corrected chi connectivity index (χ4v) is 5.02. The van der Waals surface area contributed by atoms with Crippen LogP contribution in [0.2, 0.25) is 0 Å². The van der Waals surface area contributed by atoms with Crippen molar-refractivity contribution in [1.29, 1.82) is 0 Å². The van der Waals surface area contributed by atoms with Gasteiger partial charge in [-0.3, -0.25) is 4.79 Å². The van der Waals surface area contributed by atoms with Crippen molar-refractivity contribution < 1.29 is 13.2 Å². The summed E-state index contributed by atoms with van der Waals surface area (Å²) in [6, 6.07) is 14.6. The van der Waals surface area contributed by atoms with Crippen LogP contribution in [0.4, 0.5) is 0 Å². The summed E-state index contributed by atoms with van der Waals surface area (Å²) in [4.78, 5) is 12.6. The molecule has 1 amide bonds. The Hall–Kier alpha value is -1.66. The largest absolute Gasteiger partial charge is 0.349 e. The lowest BCUT2D eigenvalue weighted by molar-refractivity contribution is -0.121. The average Bonchev–Trinajstić information content (AvgIpc) is 2.56. The molecule has 126 valence electrons. The third kappa shape index (κ3) is 3.87. The molecule has 2 aromatic carbocycles. The fraction of sp³-hybridized carbons (Fsp3) is 0.278. The second-order valence-corrected chi connectivity index (χ2v) is 8.89. The van der Waals surface area contributed by atoms with Gasteiger partial charge in [0.1, 0.15) is 0 Å². The summed E-state index contributed by atoms with van der Waals surface area (Å²) in [7, 11) is -3.23. The van der Waals surface area contributed by atoms with Gasteiger partial charge in [0.15, 0.2) is 9.84 Å². The molecular formula is C18H18BrNO3S. The lowest BCUT2D eigenvalue weighted by atomic mass is 10.0. The van der Waals surface area contributed by atoms with Gasteiger partial charge in [0.05, 0.1) is 16.7 Å². The first-order valence-corrected chi connectivity index (χ1v) is 10.3. The van der Waals surface area contributed by atoms with Crippen molar-refractivity contribution in [1.82, 2.24) is 5.32 Å². The zero-order valence-electron chi connectivity index (χ0n) is 13.0. The molecule has 1 aliphatic rings. The maximum absolute atomic E-state index is 12.3. The number of rotatable bonds is 4. The van der Waals surface area contributed by atoms with Gasteiger partial charge in [0, 0.05) is 10.9 Å². The predicted molar refractivity (Wildman–Crippen MR) is 96.5 cm³/mol. The van der Waals surface area contributed by atoms with Crippen LogP contribution in [0.25, 0.3) is 0 Å². The van der Waals surface area contributed by atoms with Crippen molar-refractivity contribution in [3.63, 3.8) is 0 Å². The lowest BCUT2D eigenvalue weighted by Gasteiger charge is -2.26. The highest BCUT2D eigenvalue weighted by Crippen LogP contribution is 2.31. The molecule has 1 heterocycles. The minimum absolute atomic E-state index is 0.0610. The number of benzene rings is 2. The zero-order chi connectivity index (χ0) is 17.2. The van der Waals surface area contributed by atoms with Crippen molar-refractivity contribution in [3.8, 4) is 0 Å². The molecule has 2 aromatic rings. The molecule has 1 unspecified atom stereocenters. The number of aryl methyl sites for hydroxylation is 1. The Bertz CT molecular complexity index is 864. The van der Waals surface area contributed by atoms with Crippen molar-refractivity contribution in [2.24, 2.45) is 0 Å². The SMILES string of the molecule is O=C(CCc1cccc(Br)c1)NC1CCS(=O)(=O)c2ccccc21. The molecule has 0 saturated heterocycles. The van der Waals surface area contributed by atoms with Crippen molar-refractivity contribution in [3.05, 3.63) is 64.1 Å². The molecule has 0 spiro atoms. The summed E-state index contributed by atoms with van der Waals surface area (Å²) in [5.41, 5.74) is 1.78. The van der Waals surface area contributed by atoms with Gasteiger partial charge in [0.25, 0.3) is 0 Å². The first kappa shape index (κ1) is 17.2. The third-order valence-corrected chi connectivity index (χ3v) is 6.48. The molecular weight excluding hydrogens is 390 g/mol. The van der Waals surface area contributed by atoms with E-state index in [1.54, 1.807) is 24.3 Å². The lowest BCUT2D eigenvalue weighted by Crippen LogP contribution is -2.34. The van der Waals surface area contributed by atoms with Gasteiger partial charge >= 0.3 is 0 Å². The molecule has 3 rings (SSSR count). The second kappa shape index (κ2) is 7.07. The van der Waals surface area contributed by atoms with Crippen LogP contribution in [0, 0.1) is 0 Å². The van der Waals surface area contributed by atoms with E-state index in [4.69, 9.17) is 0 Å². The maximum atomic E-state index is 12.3. The fourth-order valence-electron chi connectivity index (χ4n) is 2.96. The van der Waals surface area contributed by atoms with Crippen LogP contribution in [-0.2, 0) is 21.1 Å². The van der Waals surface area contributed by atoms with E-state index in [1.807, 2.05) is 24.3 Å². The number of amides is 1. The molecule has 4 nitrogen and oxygen atoms in total. The number of fused-ring (bicyclic) bond motifs is 1. The highest BCUT2D eigenvalue weighted by molar-refractivity contribution is 9.10. The van der Waals surface area contributed by atoms with Gasteiger partial charge in [-0.15, -0.1) is 0 Å². The normalized spacial score (nSPS) is 18.6. The molecule has 0 fully saturated rings. The molecule has 24 heavy (non-hydrogen) atoms. The summed E-state index contributed by atoms with van der Waals surface area (Å²) in [6.45, 7) is 0. The highest BCUT2D eigenvalue weighted by Gasteiger charge is 2.30. The Balaban J connectivity index is 1.67. The Morgan fingerprint density at radius 3 is 2.75 bits per heavy atom. The first-order valence-electron chi connectivity index (χ1n) is 7.81. The molecule has 0 bridgehead atoms. The number of carbonyl (C=O) groups excluding carboxylic acids is 1. The Morgan fingerprint density at radius 2 is 1.96 bits per heavy atom. The van der Waals surface area contributed by atoms with Crippen LogP contribution in [0.15, 0.2) is 57.9 Å². The number of nitrogens with one attached hydrogen (secondary N) is 1. The van der Waals surface area contributed by atoms with Crippen LogP contribution in [-0.4, -0.2) is 20.1 Å². The molecule has 6 heteroatoms. The van der Waals surface area contributed by atoms with Crippen molar-refractivity contribution >= 4 is 31.7 Å². The predicted octanol–water partition coefficient (Wildman–Crippen LogP) is 3.42.